The monoisotopic (exact) mass is 214 g/mol. The SMILES string of the molecule is O=C1NCCN1c1c(F)cccc1Cl. The van der Waals surface area contributed by atoms with Crippen molar-refractivity contribution in [2.24, 2.45) is 0 Å². The van der Waals surface area contributed by atoms with Gasteiger partial charge in [0.1, 0.15) is 5.82 Å². The van der Waals surface area contributed by atoms with Crippen molar-refractivity contribution in [2.45, 2.75) is 0 Å². The summed E-state index contributed by atoms with van der Waals surface area (Å²) in [6, 6.07) is 4.05. The molecule has 0 atom stereocenters. The number of para-hydroxylation sites is 1. The molecule has 1 aliphatic heterocycles. The highest BCUT2D eigenvalue weighted by Gasteiger charge is 2.25. The zero-order chi connectivity index (χ0) is 10.1. The van der Waals surface area contributed by atoms with E-state index in [-0.39, 0.29) is 16.7 Å². The molecule has 14 heavy (non-hydrogen) atoms. The highest BCUT2D eigenvalue weighted by atomic mass is 35.5. The van der Waals surface area contributed by atoms with Crippen molar-refractivity contribution in [3.8, 4) is 0 Å². The van der Waals surface area contributed by atoms with Crippen LogP contribution >= 0.6 is 11.6 Å². The molecule has 2 amide bonds. The van der Waals surface area contributed by atoms with Crippen LogP contribution in [0.15, 0.2) is 18.2 Å². The van der Waals surface area contributed by atoms with Crippen molar-refractivity contribution in [2.75, 3.05) is 18.0 Å². The van der Waals surface area contributed by atoms with Crippen LogP contribution < -0.4 is 10.2 Å². The van der Waals surface area contributed by atoms with E-state index in [1.807, 2.05) is 0 Å². The minimum atomic E-state index is -0.477. The number of halogens is 2. The minimum absolute atomic E-state index is 0.157. The molecule has 0 unspecified atom stereocenters. The van der Waals surface area contributed by atoms with E-state index in [0.717, 1.165) is 0 Å². The smallest absolute Gasteiger partial charge is 0.322 e. The Balaban J connectivity index is 2.44. The summed E-state index contributed by atoms with van der Waals surface area (Å²) in [5.41, 5.74) is 0.157. The molecule has 0 bridgehead atoms. The number of hydrogen-bond donors (Lipinski definition) is 1. The Morgan fingerprint density at radius 3 is 2.86 bits per heavy atom. The molecular weight excluding hydrogens is 207 g/mol. The van der Waals surface area contributed by atoms with Crippen molar-refractivity contribution in [1.82, 2.24) is 5.32 Å². The summed E-state index contributed by atoms with van der Waals surface area (Å²) in [5.74, 6) is -0.477. The van der Waals surface area contributed by atoms with Crippen molar-refractivity contribution in [3.63, 3.8) is 0 Å². The van der Waals surface area contributed by atoms with Crippen LogP contribution in [0.3, 0.4) is 0 Å². The molecule has 1 aromatic rings. The van der Waals surface area contributed by atoms with Crippen LogP contribution in [0, 0.1) is 5.82 Å². The molecule has 0 radical (unpaired) electrons. The first-order valence-corrected chi connectivity index (χ1v) is 4.57. The van der Waals surface area contributed by atoms with Gasteiger partial charge in [-0.2, -0.15) is 0 Å². The summed E-state index contributed by atoms with van der Waals surface area (Å²) in [6.07, 6.45) is 0. The summed E-state index contributed by atoms with van der Waals surface area (Å²) < 4.78 is 13.4. The Morgan fingerprint density at radius 1 is 1.50 bits per heavy atom. The number of amides is 2. The molecule has 5 heteroatoms. The van der Waals surface area contributed by atoms with E-state index in [1.54, 1.807) is 6.07 Å². The van der Waals surface area contributed by atoms with Gasteiger partial charge in [-0.05, 0) is 12.1 Å². The number of urea groups is 1. The van der Waals surface area contributed by atoms with E-state index in [4.69, 9.17) is 11.6 Å². The van der Waals surface area contributed by atoms with Gasteiger partial charge in [0, 0.05) is 13.1 Å². The average molecular weight is 215 g/mol. The van der Waals surface area contributed by atoms with Gasteiger partial charge in [0.15, 0.2) is 0 Å². The number of nitrogens with zero attached hydrogens (tertiary/aromatic N) is 1. The van der Waals surface area contributed by atoms with Gasteiger partial charge in [-0.1, -0.05) is 17.7 Å². The average Bonchev–Trinajstić information content (AvgIpc) is 2.52. The van der Waals surface area contributed by atoms with E-state index in [2.05, 4.69) is 5.32 Å². The molecule has 0 spiro atoms. The number of hydrogen-bond acceptors (Lipinski definition) is 1. The molecule has 0 aromatic heterocycles. The van der Waals surface area contributed by atoms with Gasteiger partial charge in [-0.3, -0.25) is 4.90 Å². The molecule has 1 N–H and O–H groups in total. The van der Waals surface area contributed by atoms with Crippen molar-refractivity contribution in [1.29, 1.82) is 0 Å². The fourth-order valence-electron chi connectivity index (χ4n) is 1.43. The van der Waals surface area contributed by atoms with Gasteiger partial charge < -0.3 is 5.32 Å². The minimum Gasteiger partial charge on any atom is -0.336 e. The summed E-state index contributed by atoms with van der Waals surface area (Å²) in [5, 5.41) is 2.84. The van der Waals surface area contributed by atoms with Gasteiger partial charge in [0.05, 0.1) is 10.7 Å². The van der Waals surface area contributed by atoms with Gasteiger partial charge in [-0.25, -0.2) is 9.18 Å². The zero-order valence-corrected chi connectivity index (χ0v) is 8.01. The topological polar surface area (TPSA) is 32.3 Å². The van der Waals surface area contributed by atoms with Crippen LogP contribution in [0.2, 0.25) is 5.02 Å². The van der Waals surface area contributed by atoms with E-state index in [0.29, 0.717) is 13.1 Å². The van der Waals surface area contributed by atoms with Crippen LogP contribution in [-0.2, 0) is 0 Å². The van der Waals surface area contributed by atoms with Crippen molar-refractivity contribution >= 4 is 23.3 Å². The predicted molar refractivity (Wildman–Crippen MR) is 52.2 cm³/mol. The second-order valence-electron chi connectivity index (χ2n) is 2.95. The van der Waals surface area contributed by atoms with E-state index < -0.39 is 5.82 Å². The molecule has 0 saturated carbocycles. The van der Waals surface area contributed by atoms with Crippen LogP contribution in [-0.4, -0.2) is 19.1 Å². The molecule has 74 valence electrons. The Labute approximate surface area is 85.5 Å². The number of nitrogens with one attached hydrogen (secondary N) is 1. The van der Waals surface area contributed by atoms with Gasteiger partial charge >= 0.3 is 6.03 Å². The second-order valence-corrected chi connectivity index (χ2v) is 3.36. The second kappa shape index (κ2) is 3.46. The zero-order valence-electron chi connectivity index (χ0n) is 7.26. The molecule has 1 fully saturated rings. The number of carbonyl (C=O) groups is 1. The molecule has 1 aromatic carbocycles. The standard InChI is InChI=1S/C9H8ClFN2O/c10-6-2-1-3-7(11)8(6)13-5-4-12-9(13)14/h1-3H,4-5H2,(H,12,14). The van der Waals surface area contributed by atoms with Crippen LogP contribution in [0.4, 0.5) is 14.9 Å². The fraction of sp³-hybridized carbons (Fsp3) is 0.222. The van der Waals surface area contributed by atoms with Crippen molar-refractivity contribution in [3.05, 3.63) is 29.0 Å². The maximum absolute atomic E-state index is 13.4. The Morgan fingerprint density at radius 2 is 2.29 bits per heavy atom. The fourth-order valence-corrected chi connectivity index (χ4v) is 1.70. The van der Waals surface area contributed by atoms with Gasteiger partial charge in [-0.15, -0.1) is 0 Å². The lowest BCUT2D eigenvalue weighted by molar-refractivity contribution is 0.252. The maximum Gasteiger partial charge on any atom is 0.322 e. The summed E-state index contributed by atoms with van der Waals surface area (Å²) in [6.45, 7) is 0.961. The van der Waals surface area contributed by atoms with E-state index in [1.165, 1.54) is 17.0 Å². The molecular formula is C9H8ClFN2O. The third-order valence-electron chi connectivity index (χ3n) is 2.06. The van der Waals surface area contributed by atoms with Gasteiger partial charge in [0.25, 0.3) is 0 Å². The number of carbonyl (C=O) groups excluding carboxylic acids is 1. The third-order valence-corrected chi connectivity index (χ3v) is 2.37. The summed E-state index contributed by atoms with van der Waals surface area (Å²) in [7, 11) is 0. The Bertz CT molecular complexity index is 363. The highest BCUT2D eigenvalue weighted by molar-refractivity contribution is 6.33. The van der Waals surface area contributed by atoms with Crippen LogP contribution in [0.1, 0.15) is 0 Å². The van der Waals surface area contributed by atoms with Crippen LogP contribution in [0.25, 0.3) is 0 Å². The third kappa shape index (κ3) is 1.42. The van der Waals surface area contributed by atoms with Gasteiger partial charge in [0.2, 0.25) is 0 Å². The molecule has 1 saturated heterocycles. The highest BCUT2D eigenvalue weighted by Crippen LogP contribution is 2.29. The lowest BCUT2D eigenvalue weighted by Gasteiger charge is -2.16. The molecule has 3 nitrogen and oxygen atoms in total. The van der Waals surface area contributed by atoms with E-state index >= 15 is 0 Å². The lowest BCUT2D eigenvalue weighted by atomic mass is 10.3. The molecule has 2 rings (SSSR count). The first-order chi connectivity index (χ1) is 6.70. The first kappa shape index (κ1) is 9.27. The summed E-state index contributed by atoms with van der Waals surface area (Å²) in [4.78, 5) is 12.6. The van der Waals surface area contributed by atoms with Crippen molar-refractivity contribution < 1.29 is 9.18 Å². The predicted octanol–water partition coefficient (Wildman–Crippen LogP) is 2.01. The largest absolute Gasteiger partial charge is 0.336 e. The Hall–Kier alpha value is -1.29. The first-order valence-electron chi connectivity index (χ1n) is 4.19. The Kier molecular flexibility index (Phi) is 2.29. The number of benzene rings is 1. The number of rotatable bonds is 1. The summed E-state index contributed by atoms with van der Waals surface area (Å²) >= 11 is 5.81. The quantitative estimate of drug-likeness (QED) is 0.762. The maximum atomic E-state index is 13.4. The molecule has 1 aliphatic rings. The lowest BCUT2D eigenvalue weighted by Crippen LogP contribution is -2.28. The number of anilines is 1. The molecule has 0 aliphatic carbocycles. The van der Waals surface area contributed by atoms with Crippen LogP contribution in [0.5, 0.6) is 0 Å². The normalized spacial score (nSPS) is 15.9. The molecule has 1 heterocycles. The van der Waals surface area contributed by atoms with E-state index in [9.17, 15) is 9.18 Å².